The SMILES string of the molecule is CNC(=O)C1(C)CN(CC(=O)Nc2nccs2)CCO1. The maximum absolute atomic E-state index is 11.9. The minimum atomic E-state index is -0.908. The van der Waals surface area contributed by atoms with Crippen LogP contribution in [0.3, 0.4) is 0 Å². The number of hydrogen-bond acceptors (Lipinski definition) is 6. The number of ether oxygens (including phenoxy) is 1. The van der Waals surface area contributed by atoms with E-state index < -0.39 is 5.60 Å². The molecule has 0 aliphatic carbocycles. The molecule has 1 aromatic rings. The molecule has 2 amide bonds. The van der Waals surface area contributed by atoms with Gasteiger partial charge in [-0.15, -0.1) is 11.3 Å². The second-order valence-corrected chi connectivity index (χ2v) is 5.65. The van der Waals surface area contributed by atoms with Crippen molar-refractivity contribution in [2.75, 3.05) is 38.6 Å². The number of nitrogens with one attached hydrogen (secondary N) is 2. The molecule has 20 heavy (non-hydrogen) atoms. The lowest BCUT2D eigenvalue weighted by atomic mass is 10.0. The molecule has 1 saturated heterocycles. The van der Waals surface area contributed by atoms with Crippen LogP contribution in [-0.4, -0.2) is 60.6 Å². The van der Waals surface area contributed by atoms with Crippen molar-refractivity contribution in [2.24, 2.45) is 0 Å². The zero-order chi connectivity index (χ0) is 14.6. The maximum atomic E-state index is 11.9. The molecule has 7 nitrogen and oxygen atoms in total. The van der Waals surface area contributed by atoms with E-state index in [1.165, 1.54) is 11.3 Å². The summed E-state index contributed by atoms with van der Waals surface area (Å²) >= 11 is 1.37. The second kappa shape index (κ2) is 6.29. The van der Waals surface area contributed by atoms with Crippen molar-refractivity contribution in [3.05, 3.63) is 11.6 Å². The molecule has 1 atom stereocenters. The predicted molar refractivity (Wildman–Crippen MR) is 75.6 cm³/mol. The Morgan fingerprint density at radius 2 is 2.40 bits per heavy atom. The molecule has 8 heteroatoms. The Bertz CT molecular complexity index is 479. The van der Waals surface area contributed by atoms with Gasteiger partial charge in [-0.3, -0.25) is 14.5 Å². The molecule has 1 aliphatic rings. The van der Waals surface area contributed by atoms with Gasteiger partial charge in [0.2, 0.25) is 5.91 Å². The first kappa shape index (κ1) is 14.9. The number of carbonyl (C=O) groups is 2. The Hall–Kier alpha value is -1.51. The summed E-state index contributed by atoms with van der Waals surface area (Å²) in [5.41, 5.74) is -0.908. The lowest BCUT2D eigenvalue weighted by molar-refractivity contribution is -0.156. The van der Waals surface area contributed by atoms with Gasteiger partial charge < -0.3 is 15.4 Å². The van der Waals surface area contributed by atoms with Crippen LogP contribution in [0.25, 0.3) is 0 Å². The summed E-state index contributed by atoms with van der Waals surface area (Å²) < 4.78 is 5.54. The van der Waals surface area contributed by atoms with Gasteiger partial charge in [-0.1, -0.05) is 0 Å². The number of carbonyl (C=O) groups excluding carboxylic acids is 2. The number of rotatable bonds is 4. The molecule has 0 radical (unpaired) electrons. The number of morpholine rings is 1. The van der Waals surface area contributed by atoms with Crippen molar-refractivity contribution in [1.82, 2.24) is 15.2 Å². The van der Waals surface area contributed by atoms with Crippen molar-refractivity contribution in [3.8, 4) is 0 Å². The smallest absolute Gasteiger partial charge is 0.253 e. The quantitative estimate of drug-likeness (QED) is 0.812. The van der Waals surface area contributed by atoms with E-state index in [1.54, 1.807) is 25.5 Å². The highest BCUT2D eigenvalue weighted by Crippen LogP contribution is 2.18. The van der Waals surface area contributed by atoms with Gasteiger partial charge in [-0.2, -0.15) is 0 Å². The van der Waals surface area contributed by atoms with Crippen LogP contribution in [0.1, 0.15) is 6.92 Å². The molecule has 2 rings (SSSR count). The lowest BCUT2D eigenvalue weighted by Gasteiger charge is -2.38. The van der Waals surface area contributed by atoms with Crippen molar-refractivity contribution < 1.29 is 14.3 Å². The third kappa shape index (κ3) is 3.53. The zero-order valence-corrected chi connectivity index (χ0v) is 12.3. The molecule has 1 fully saturated rings. The number of hydrogen-bond donors (Lipinski definition) is 2. The van der Waals surface area contributed by atoms with Crippen LogP contribution in [0.4, 0.5) is 5.13 Å². The van der Waals surface area contributed by atoms with Crippen molar-refractivity contribution in [1.29, 1.82) is 0 Å². The van der Waals surface area contributed by atoms with Crippen molar-refractivity contribution >= 4 is 28.3 Å². The summed E-state index contributed by atoms with van der Waals surface area (Å²) in [6.07, 6.45) is 1.64. The van der Waals surface area contributed by atoms with E-state index in [4.69, 9.17) is 4.74 Å². The number of anilines is 1. The Kier molecular flexibility index (Phi) is 4.69. The third-order valence-corrected chi connectivity index (χ3v) is 3.80. The molecule has 1 aliphatic heterocycles. The maximum Gasteiger partial charge on any atom is 0.253 e. The van der Waals surface area contributed by atoms with Gasteiger partial charge in [-0.25, -0.2) is 4.98 Å². The van der Waals surface area contributed by atoms with Crippen LogP contribution in [0, 0.1) is 0 Å². The monoisotopic (exact) mass is 298 g/mol. The van der Waals surface area contributed by atoms with Gasteiger partial charge in [-0.05, 0) is 6.92 Å². The van der Waals surface area contributed by atoms with E-state index in [-0.39, 0.29) is 18.4 Å². The third-order valence-electron chi connectivity index (χ3n) is 3.11. The van der Waals surface area contributed by atoms with Gasteiger partial charge in [0.15, 0.2) is 10.7 Å². The first-order valence-electron chi connectivity index (χ1n) is 6.31. The highest BCUT2D eigenvalue weighted by Gasteiger charge is 2.39. The first-order valence-corrected chi connectivity index (χ1v) is 7.19. The van der Waals surface area contributed by atoms with Crippen LogP contribution < -0.4 is 10.6 Å². The zero-order valence-electron chi connectivity index (χ0n) is 11.5. The topological polar surface area (TPSA) is 83.6 Å². The Morgan fingerprint density at radius 1 is 1.60 bits per heavy atom. The number of nitrogens with zero attached hydrogens (tertiary/aromatic N) is 2. The molecule has 0 aromatic carbocycles. The fraction of sp³-hybridized carbons (Fsp3) is 0.583. The summed E-state index contributed by atoms with van der Waals surface area (Å²) in [6, 6.07) is 0. The fourth-order valence-electron chi connectivity index (χ4n) is 2.14. The minimum absolute atomic E-state index is 0.138. The van der Waals surface area contributed by atoms with Crippen LogP contribution in [0.15, 0.2) is 11.6 Å². The average Bonchev–Trinajstić information content (AvgIpc) is 2.90. The molecule has 1 unspecified atom stereocenters. The summed E-state index contributed by atoms with van der Waals surface area (Å²) in [5, 5.41) is 7.69. The van der Waals surface area contributed by atoms with E-state index >= 15 is 0 Å². The first-order chi connectivity index (χ1) is 9.53. The number of amides is 2. The normalized spacial score (nSPS) is 23.3. The van der Waals surface area contributed by atoms with Crippen LogP contribution in [0.2, 0.25) is 0 Å². The van der Waals surface area contributed by atoms with Crippen LogP contribution in [-0.2, 0) is 14.3 Å². The summed E-state index contributed by atoms with van der Waals surface area (Å²) in [4.78, 5) is 29.6. The molecule has 2 heterocycles. The largest absolute Gasteiger partial charge is 0.363 e. The van der Waals surface area contributed by atoms with Crippen LogP contribution in [0.5, 0.6) is 0 Å². The highest BCUT2D eigenvalue weighted by atomic mass is 32.1. The van der Waals surface area contributed by atoms with Gasteiger partial charge in [0.1, 0.15) is 0 Å². The molecule has 0 saturated carbocycles. The van der Waals surface area contributed by atoms with Gasteiger partial charge in [0, 0.05) is 31.7 Å². The molecule has 1 aromatic heterocycles. The fourth-order valence-corrected chi connectivity index (χ4v) is 2.68. The van der Waals surface area contributed by atoms with Crippen molar-refractivity contribution in [2.45, 2.75) is 12.5 Å². The Morgan fingerprint density at radius 3 is 3.05 bits per heavy atom. The summed E-state index contributed by atoms with van der Waals surface area (Å²) in [5.74, 6) is -0.316. The van der Waals surface area contributed by atoms with E-state index in [2.05, 4.69) is 15.6 Å². The van der Waals surface area contributed by atoms with Crippen LogP contribution >= 0.6 is 11.3 Å². The van der Waals surface area contributed by atoms with E-state index in [9.17, 15) is 9.59 Å². The standard InChI is InChI=1S/C12H18N4O3S/c1-12(10(18)13-2)8-16(4-5-19-12)7-9(17)15-11-14-3-6-20-11/h3,6H,4-5,7-8H2,1-2H3,(H,13,18)(H,14,15,17). The average molecular weight is 298 g/mol. The predicted octanol–water partition coefficient (Wildman–Crippen LogP) is -0.0815. The van der Waals surface area contributed by atoms with Gasteiger partial charge in [0.05, 0.1) is 13.2 Å². The molecular weight excluding hydrogens is 280 g/mol. The molecule has 2 N–H and O–H groups in total. The number of thiazole rings is 1. The molecule has 0 spiro atoms. The Labute approximate surface area is 121 Å². The molecule has 0 bridgehead atoms. The summed E-state index contributed by atoms with van der Waals surface area (Å²) in [7, 11) is 1.57. The van der Waals surface area contributed by atoms with Crippen molar-refractivity contribution in [3.63, 3.8) is 0 Å². The van der Waals surface area contributed by atoms with Gasteiger partial charge >= 0.3 is 0 Å². The van der Waals surface area contributed by atoms with E-state index in [0.717, 1.165) is 0 Å². The summed E-state index contributed by atoms with van der Waals surface area (Å²) in [6.45, 7) is 3.39. The number of aromatic nitrogens is 1. The molecular formula is C12H18N4O3S. The Balaban J connectivity index is 1.89. The van der Waals surface area contributed by atoms with E-state index in [1.807, 2.05) is 4.90 Å². The number of likely N-dealkylation sites (N-methyl/N-ethyl adjacent to an activating group) is 1. The van der Waals surface area contributed by atoms with Gasteiger partial charge in [0.25, 0.3) is 5.91 Å². The lowest BCUT2D eigenvalue weighted by Crippen LogP contribution is -2.58. The molecule has 110 valence electrons. The minimum Gasteiger partial charge on any atom is -0.363 e. The second-order valence-electron chi connectivity index (χ2n) is 4.75. The highest BCUT2D eigenvalue weighted by molar-refractivity contribution is 7.13. The van der Waals surface area contributed by atoms with E-state index in [0.29, 0.717) is 24.8 Å².